The van der Waals surface area contributed by atoms with Crippen LogP contribution in [0, 0.1) is 0 Å². The van der Waals surface area contributed by atoms with E-state index in [1.807, 2.05) is 0 Å². The smallest absolute Gasteiger partial charge is 0.351 e. The van der Waals surface area contributed by atoms with Crippen molar-refractivity contribution in [3.63, 3.8) is 0 Å². The molecule has 0 saturated heterocycles. The molecule has 0 saturated carbocycles. The molecule has 0 aromatic rings. The molecule has 0 aliphatic heterocycles. The van der Waals surface area contributed by atoms with Crippen molar-refractivity contribution >= 4 is 7.60 Å². The average Bonchev–Trinajstić information content (AvgIpc) is 2.25. The summed E-state index contributed by atoms with van der Waals surface area (Å²) in [6, 6.07) is 0. The quantitative estimate of drug-likeness (QED) is 0.734. The van der Waals surface area contributed by atoms with Gasteiger partial charge in [0, 0.05) is 5.31 Å². The van der Waals surface area contributed by atoms with E-state index in [2.05, 4.69) is 13.8 Å². The number of rotatable bonds is 5. The van der Waals surface area contributed by atoms with Crippen LogP contribution in [0.2, 0.25) is 0 Å². The van der Waals surface area contributed by atoms with E-state index in [1.54, 1.807) is 6.08 Å². The van der Waals surface area contributed by atoms with Crippen LogP contribution in [-0.2, 0) is 9.30 Å². The van der Waals surface area contributed by atoms with Gasteiger partial charge in [0.1, 0.15) is 0 Å². The molecule has 0 heterocycles. The Bertz CT molecular complexity index is 290. The lowest BCUT2D eigenvalue weighted by Crippen LogP contribution is -2.22. The number of allylic oxidation sites excluding steroid dienone is 1. The summed E-state index contributed by atoms with van der Waals surface area (Å²) < 4.78 is 16.9. The van der Waals surface area contributed by atoms with Crippen LogP contribution in [0.15, 0.2) is 11.4 Å². The van der Waals surface area contributed by atoms with E-state index in [0.29, 0.717) is 6.42 Å². The Labute approximate surface area is 96.9 Å². The summed E-state index contributed by atoms with van der Waals surface area (Å²) >= 11 is 0. The Kier molecular flexibility index (Phi) is 5.19. The summed E-state index contributed by atoms with van der Waals surface area (Å²) in [6.45, 7) is 4.12. The third-order valence-corrected chi connectivity index (χ3v) is 4.07. The van der Waals surface area contributed by atoms with E-state index >= 15 is 0 Å². The first kappa shape index (κ1) is 13.9. The third-order valence-electron chi connectivity index (χ3n) is 2.95. The van der Waals surface area contributed by atoms with Crippen molar-refractivity contribution in [1.82, 2.24) is 0 Å². The first-order valence-corrected chi connectivity index (χ1v) is 7.50. The Balaban J connectivity index is 2.65. The summed E-state index contributed by atoms with van der Waals surface area (Å²) in [5.74, 6) is 0. The molecule has 1 atom stereocenters. The average molecular weight is 248 g/mol. The van der Waals surface area contributed by atoms with Crippen LogP contribution in [0.4, 0.5) is 0 Å². The molecule has 0 radical (unpaired) electrons. The van der Waals surface area contributed by atoms with Gasteiger partial charge in [0.2, 0.25) is 0 Å². The van der Waals surface area contributed by atoms with E-state index < -0.39 is 7.60 Å². The lowest BCUT2D eigenvalue weighted by Gasteiger charge is -2.25. The van der Waals surface area contributed by atoms with Crippen LogP contribution < -0.4 is 0 Å². The Morgan fingerprint density at radius 2 is 2.12 bits per heavy atom. The molecule has 0 spiro atoms. The molecule has 0 bridgehead atoms. The standard InChI is InChI=1S/C11H21O4P/c1-3-9(4-2)15-10-6-5-7-11(8-10)16(12,13)14/h8-10H,3-7H2,1-2H3,(H2,12,13,14). The summed E-state index contributed by atoms with van der Waals surface area (Å²) in [4.78, 5) is 18.2. The zero-order valence-electron chi connectivity index (χ0n) is 9.93. The fraction of sp³-hybridized carbons (Fsp3) is 0.818. The zero-order valence-corrected chi connectivity index (χ0v) is 10.8. The molecule has 2 N–H and O–H groups in total. The van der Waals surface area contributed by atoms with Crippen LogP contribution in [0.1, 0.15) is 46.0 Å². The summed E-state index contributed by atoms with van der Waals surface area (Å²) in [6.07, 6.45) is 5.72. The number of ether oxygens (including phenoxy) is 1. The van der Waals surface area contributed by atoms with Crippen LogP contribution in [0.25, 0.3) is 0 Å². The summed E-state index contributed by atoms with van der Waals surface area (Å²) in [5, 5.41) is 0.245. The monoisotopic (exact) mass is 248 g/mol. The van der Waals surface area contributed by atoms with Gasteiger partial charge in [-0.05, 0) is 38.2 Å². The highest BCUT2D eigenvalue weighted by Gasteiger charge is 2.26. The second-order valence-corrected chi connectivity index (χ2v) is 5.87. The lowest BCUT2D eigenvalue weighted by molar-refractivity contribution is 0.00224. The van der Waals surface area contributed by atoms with E-state index in [1.165, 1.54) is 0 Å². The minimum atomic E-state index is -4.06. The largest absolute Gasteiger partial charge is 0.371 e. The molecule has 1 aliphatic carbocycles. The van der Waals surface area contributed by atoms with Gasteiger partial charge in [-0.1, -0.05) is 13.8 Å². The van der Waals surface area contributed by atoms with E-state index in [-0.39, 0.29) is 17.5 Å². The van der Waals surface area contributed by atoms with Crippen LogP contribution in [0.5, 0.6) is 0 Å². The SMILES string of the molecule is CCC(CC)OC1C=C(P(=O)(O)O)CCC1. The topological polar surface area (TPSA) is 66.8 Å². The van der Waals surface area contributed by atoms with Crippen molar-refractivity contribution in [1.29, 1.82) is 0 Å². The highest BCUT2D eigenvalue weighted by molar-refractivity contribution is 7.56. The molecule has 16 heavy (non-hydrogen) atoms. The van der Waals surface area contributed by atoms with Gasteiger partial charge in [-0.3, -0.25) is 4.57 Å². The van der Waals surface area contributed by atoms with Gasteiger partial charge in [0.05, 0.1) is 12.2 Å². The molecular formula is C11H21O4P. The van der Waals surface area contributed by atoms with Gasteiger partial charge < -0.3 is 14.5 Å². The lowest BCUT2D eigenvalue weighted by atomic mass is 10.0. The van der Waals surface area contributed by atoms with Crippen molar-refractivity contribution < 1.29 is 19.1 Å². The molecule has 5 heteroatoms. The molecule has 1 rings (SSSR count). The minimum Gasteiger partial charge on any atom is -0.371 e. The van der Waals surface area contributed by atoms with Crippen LogP contribution >= 0.6 is 7.60 Å². The molecule has 0 aromatic heterocycles. The highest BCUT2D eigenvalue weighted by Crippen LogP contribution is 2.49. The maximum atomic E-state index is 11.1. The van der Waals surface area contributed by atoms with Gasteiger partial charge in [-0.15, -0.1) is 0 Å². The minimum absolute atomic E-state index is 0.124. The van der Waals surface area contributed by atoms with Crippen molar-refractivity contribution in [2.75, 3.05) is 0 Å². The van der Waals surface area contributed by atoms with Crippen molar-refractivity contribution in [2.24, 2.45) is 0 Å². The molecule has 4 nitrogen and oxygen atoms in total. The van der Waals surface area contributed by atoms with Gasteiger partial charge in [-0.2, -0.15) is 0 Å². The van der Waals surface area contributed by atoms with Crippen LogP contribution in [0.3, 0.4) is 0 Å². The molecule has 0 amide bonds. The first-order valence-electron chi connectivity index (χ1n) is 5.89. The van der Waals surface area contributed by atoms with Gasteiger partial charge in [-0.25, -0.2) is 0 Å². The second-order valence-electron chi connectivity index (χ2n) is 4.21. The van der Waals surface area contributed by atoms with Gasteiger partial charge in [0.15, 0.2) is 0 Å². The van der Waals surface area contributed by atoms with Crippen molar-refractivity contribution in [3.05, 3.63) is 11.4 Å². The molecule has 0 fully saturated rings. The number of hydrogen-bond acceptors (Lipinski definition) is 2. The normalized spacial score (nSPS) is 22.3. The summed E-state index contributed by atoms with van der Waals surface area (Å²) in [5.41, 5.74) is 0. The summed E-state index contributed by atoms with van der Waals surface area (Å²) in [7, 11) is -4.06. The van der Waals surface area contributed by atoms with Gasteiger partial charge >= 0.3 is 7.60 Å². The predicted octanol–water partition coefficient (Wildman–Crippen LogP) is 2.81. The van der Waals surface area contributed by atoms with Crippen LogP contribution in [-0.4, -0.2) is 22.0 Å². The maximum Gasteiger partial charge on any atom is 0.351 e. The highest BCUT2D eigenvalue weighted by atomic mass is 31.2. The predicted molar refractivity (Wildman–Crippen MR) is 63.2 cm³/mol. The molecular weight excluding hydrogens is 227 g/mol. The molecule has 1 aliphatic rings. The maximum absolute atomic E-state index is 11.1. The fourth-order valence-electron chi connectivity index (χ4n) is 1.94. The van der Waals surface area contributed by atoms with Gasteiger partial charge in [0.25, 0.3) is 0 Å². The van der Waals surface area contributed by atoms with E-state index in [0.717, 1.165) is 25.7 Å². The van der Waals surface area contributed by atoms with E-state index in [9.17, 15) is 4.57 Å². The van der Waals surface area contributed by atoms with Crippen molar-refractivity contribution in [2.45, 2.75) is 58.2 Å². The first-order chi connectivity index (χ1) is 7.47. The number of hydrogen-bond donors (Lipinski definition) is 2. The molecule has 94 valence electrons. The molecule has 1 unspecified atom stereocenters. The third kappa shape index (κ3) is 4.02. The Hall–Kier alpha value is -0.150. The Morgan fingerprint density at radius 1 is 1.50 bits per heavy atom. The fourth-order valence-corrected chi connectivity index (χ4v) is 2.75. The molecule has 0 aromatic carbocycles. The Morgan fingerprint density at radius 3 is 2.62 bits per heavy atom. The van der Waals surface area contributed by atoms with Crippen molar-refractivity contribution in [3.8, 4) is 0 Å². The zero-order chi connectivity index (χ0) is 12.2. The second kappa shape index (κ2) is 5.97. The van der Waals surface area contributed by atoms with E-state index in [4.69, 9.17) is 14.5 Å².